The van der Waals surface area contributed by atoms with Gasteiger partial charge in [-0.3, -0.25) is 19.9 Å². The van der Waals surface area contributed by atoms with Crippen molar-refractivity contribution in [3.63, 3.8) is 0 Å². The molecule has 122 valence electrons. The maximum atomic E-state index is 12.0. The van der Waals surface area contributed by atoms with E-state index in [0.717, 1.165) is 39.0 Å². The van der Waals surface area contributed by atoms with Gasteiger partial charge in [0.05, 0.1) is 0 Å². The van der Waals surface area contributed by atoms with Crippen LogP contribution in [0, 0.1) is 5.92 Å². The van der Waals surface area contributed by atoms with E-state index in [-0.39, 0.29) is 6.04 Å². The molecule has 2 aliphatic rings. The minimum absolute atomic E-state index is 0.193. The summed E-state index contributed by atoms with van der Waals surface area (Å²) in [4.78, 5) is 16.8. The molecule has 21 heavy (non-hydrogen) atoms. The van der Waals surface area contributed by atoms with Gasteiger partial charge in [-0.2, -0.15) is 0 Å². The van der Waals surface area contributed by atoms with Crippen molar-refractivity contribution in [1.82, 2.24) is 15.1 Å². The van der Waals surface area contributed by atoms with Crippen LogP contribution in [0.3, 0.4) is 0 Å². The molecule has 5 nitrogen and oxygen atoms in total. The topological polar surface area (TPSA) is 55.8 Å². The SMILES string of the molecule is CC(C)NC(CN1CCN(C(C)C)CC1)(C(=O)O)C1CC1. The number of hydrogen-bond donors (Lipinski definition) is 2. The first kappa shape index (κ1) is 16.7. The van der Waals surface area contributed by atoms with E-state index in [0.29, 0.717) is 18.5 Å². The average molecular weight is 297 g/mol. The predicted octanol–water partition coefficient (Wildman–Crippen LogP) is 1.24. The Labute approximate surface area is 128 Å². The first-order valence-corrected chi connectivity index (χ1v) is 8.32. The van der Waals surface area contributed by atoms with Gasteiger partial charge in [-0.15, -0.1) is 0 Å². The van der Waals surface area contributed by atoms with E-state index in [1.807, 2.05) is 13.8 Å². The number of nitrogens with zero attached hydrogens (tertiary/aromatic N) is 2. The zero-order chi connectivity index (χ0) is 15.6. The van der Waals surface area contributed by atoms with E-state index in [2.05, 4.69) is 29.0 Å². The number of hydrogen-bond acceptors (Lipinski definition) is 4. The maximum Gasteiger partial charge on any atom is 0.325 e. The second-order valence-electron chi connectivity index (χ2n) is 7.26. The molecule has 1 unspecified atom stereocenters. The molecule has 0 spiro atoms. The number of aliphatic carboxylic acids is 1. The summed E-state index contributed by atoms with van der Waals surface area (Å²) in [5.74, 6) is -0.384. The van der Waals surface area contributed by atoms with Crippen LogP contribution in [0.25, 0.3) is 0 Å². The molecule has 2 fully saturated rings. The summed E-state index contributed by atoms with van der Waals surface area (Å²) in [5, 5.41) is 13.2. The molecule has 1 atom stereocenters. The fraction of sp³-hybridized carbons (Fsp3) is 0.938. The lowest BCUT2D eigenvalue weighted by molar-refractivity contribution is -0.147. The molecule has 0 amide bonds. The van der Waals surface area contributed by atoms with Crippen molar-refractivity contribution in [2.24, 2.45) is 5.92 Å². The highest BCUT2D eigenvalue weighted by Gasteiger charge is 2.52. The fourth-order valence-corrected chi connectivity index (χ4v) is 3.48. The zero-order valence-electron chi connectivity index (χ0n) is 13.9. The Bertz CT molecular complexity index is 361. The van der Waals surface area contributed by atoms with Gasteiger partial charge in [0.2, 0.25) is 0 Å². The third kappa shape index (κ3) is 3.96. The Balaban J connectivity index is 2.01. The van der Waals surface area contributed by atoms with Crippen LogP contribution in [-0.2, 0) is 4.79 Å². The number of carboxylic acids is 1. The third-order valence-electron chi connectivity index (χ3n) is 4.81. The maximum absolute atomic E-state index is 12.0. The molecule has 2 N–H and O–H groups in total. The smallest absolute Gasteiger partial charge is 0.325 e. The summed E-state index contributed by atoms with van der Waals surface area (Å²) < 4.78 is 0. The highest BCUT2D eigenvalue weighted by molar-refractivity contribution is 5.80. The average Bonchev–Trinajstić information content (AvgIpc) is 3.22. The second-order valence-corrected chi connectivity index (χ2v) is 7.26. The van der Waals surface area contributed by atoms with Crippen molar-refractivity contribution in [1.29, 1.82) is 0 Å². The summed E-state index contributed by atoms with van der Waals surface area (Å²) in [6.45, 7) is 13.2. The van der Waals surface area contributed by atoms with Crippen molar-refractivity contribution < 1.29 is 9.90 Å². The van der Waals surface area contributed by atoms with Crippen LogP contribution in [0.15, 0.2) is 0 Å². The van der Waals surface area contributed by atoms with Crippen LogP contribution >= 0.6 is 0 Å². The molecule has 2 rings (SSSR count). The van der Waals surface area contributed by atoms with E-state index in [9.17, 15) is 9.90 Å². The number of carboxylic acid groups (broad SMARTS) is 1. The Morgan fingerprint density at radius 1 is 1.19 bits per heavy atom. The predicted molar refractivity (Wildman–Crippen MR) is 84.5 cm³/mol. The van der Waals surface area contributed by atoms with Gasteiger partial charge in [0, 0.05) is 44.8 Å². The molecule has 0 aromatic rings. The minimum Gasteiger partial charge on any atom is -0.480 e. The normalized spacial score (nSPS) is 24.5. The third-order valence-corrected chi connectivity index (χ3v) is 4.81. The molecule has 0 aromatic carbocycles. The quantitative estimate of drug-likeness (QED) is 0.740. The van der Waals surface area contributed by atoms with E-state index < -0.39 is 11.5 Å². The summed E-state index contributed by atoms with van der Waals surface area (Å²) in [5.41, 5.74) is -0.756. The molecule has 1 aliphatic heterocycles. The molecule has 5 heteroatoms. The van der Waals surface area contributed by atoms with Crippen molar-refractivity contribution >= 4 is 5.97 Å². The van der Waals surface area contributed by atoms with Crippen LogP contribution in [0.2, 0.25) is 0 Å². The minimum atomic E-state index is -0.756. The molecule has 0 aromatic heterocycles. The first-order valence-electron chi connectivity index (χ1n) is 8.32. The van der Waals surface area contributed by atoms with Crippen LogP contribution in [0.5, 0.6) is 0 Å². The van der Waals surface area contributed by atoms with Gasteiger partial charge >= 0.3 is 5.97 Å². The molecule has 0 radical (unpaired) electrons. The lowest BCUT2D eigenvalue weighted by atomic mass is 9.91. The number of rotatable bonds is 7. The van der Waals surface area contributed by atoms with Crippen LogP contribution in [-0.4, -0.2) is 71.2 Å². The summed E-state index contributed by atoms with van der Waals surface area (Å²) in [6.07, 6.45) is 2.08. The van der Waals surface area contributed by atoms with Crippen LogP contribution in [0.1, 0.15) is 40.5 Å². The van der Waals surface area contributed by atoms with Crippen molar-refractivity contribution in [3.8, 4) is 0 Å². The molecular weight excluding hydrogens is 266 g/mol. The molecule has 1 saturated carbocycles. The van der Waals surface area contributed by atoms with Crippen LogP contribution < -0.4 is 5.32 Å². The number of nitrogens with one attached hydrogen (secondary N) is 1. The Morgan fingerprint density at radius 3 is 2.14 bits per heavy atom. The van der Waals surface area contributed by atoms with E-state index in [1.54, 1.807) is 0 Å². The molecule has 1 saturated heterocycles. The van der Waals surface area contributed by atoms with E-state index >= 15 is 0 Å². The highest BCUT2D eigenvalue weighted by atomic mass is 16.4. The van der Waals surface area contributed by atoms with E-state index in [1.165, 1.54) is 0 Å². The standard InChI is InChI=1S/C16H31N3O2/c1-12(2)17-16(15(20)21,14-5-6-14)11-18-7-9-19(10-8-18)13(3)4/h12-14,17H,5-11H2,1-4H3,(H,20,21). The molecule has 1 aliphatic carbocycles. The highest BCUT2D eigenvalue weighted by Crippen LogP contribution is 2.41. The van der Waals surface area contributed by atoms with Crippen molar-refractivity contribution in [3.05, 3.63) is 0 Å². The number of piperazine rings is 1. The Morgan fingerprint density at radius 2 is 1.76 bits per heavy atom. The fourth-order valence-electron chi connectivity index (χ4n) is 3.48. The Hall–Kier alpha value is -0.650. The van der Waals surface area contributed by atoms with Gasteiger partial charge < -0.3 is 5.11 Å². The van der Waals surface area contributed by atoms with Gasteiger partial charge in [-0.05, 0) is 46.5 Å². The monoisotopic (exact) mass is 297 g/mol. The lowest BCUT2D eigenvalue weighted by Gasteiger charge is -2.42. The van der Waals surface area contributed by atoms with Gasteiger partial charge in [0.25, 0.3) is 0 Å². The number of carbonyl (C=O) groups is 1. The summed E-state index contributed by atoms with van der Waals surface area (Å²) in [7, 11) is 0. The van der Waals surface area contributed by atoms with Gasteiger partial charge in [-0.1, -0.05) is 0 Å². The zero-order valence-corrected chi connectivity index (χ0v) is 13.9. The van der Waals surface area contributed by atoms with E-state index in [4.69, 9.17) is 0 Å². The van der Waals surface area contributed by atoms with Gasteiger partial charge in [0.15, 0.2) is 0 Å². The molecule has 1 heterocycles. The first-order chi connectivity index (χ1) is 9.85. The lowest BCUT2D eigenvalue weighted by Crippen LogP contribution is -2.64. The van der Waals surface area contributed by atoms with Crippen molar-refractivity contribution in [2.75, 3.05) is 32.7 Å². The summed E-state index contributed by atoms with van der Waals surface area (Å²) >= 11 is 0. The molecule has 0 bridgehead atoms. The van der Waals surface area contributed by atoms with Crippen LogP contribution in [0.4, 0.5) is 0 Å². The summed E-state index contributed by atoms with van der Waals surface area (Å²) in [6, 6.07) is 0.771. The van der Waals surface area contributed by atoms with Gasteiger partial charge in [0.1, 0.15) is 5.54 Å². The van der Waals surface area contributed by atoms with Gasteiger partial charge in [-0.25, -0.2) is 0 Å². The largest absolute Gasteiger partial charge is 0.480 e. The van der Waals surface area contributed by atoms with Crippen molar-refractivity contribution in [2.45, 2.75) is 58.2 Å². The second kappa shape index (κ2) is 6.63. The Kier molecular flexibility index (Phi) is 5.28. The molecular formula is C16H31N3O2.